The van der Waals surface area contributed by atoms with Crippen LogP contribution in [0.4, 0.5) is 0 Å². The minimum absolute atomic E-state index is 0.135. The maximum Gasteiger partial charge on any atom is 0.310 e. The van der Waals surface area contributed by atoms with Crippen LogP contribution in [0, 0.1) is 5.92 Å². The minimum atomic E-state index is -0.289. The highest BCUT2D eigenvalue weighted by Gasteiger charge is 2.33. The van der Waals surface area contributed by atoms with Crippen LogP contribution in [0.2, 0.25) is 0 Å². The highest BCUT2D eigenvalue weighted by molar-refractivity contribution is 5.98. The van der Waals surface area contributed by atoms with Crippen molar-refractivity contribution in [3.8, 4) is 5.75 Å². The quantitative estimate of drug-likeness (QED) is 0.765. The van der Waals surface area contributed by atoms with E-state index in [1.54, 1.807) is 16.4 Å². The molecule has 136 valence electrons. The van der Waals surface area contributed by atoms with Crippen LogP contribution in [0.5, 0.6) is 5.75 Å². The number of amides is 1. The van der Waals surface area contributed by atoms with E-state index in [2.05, 4.69) is 0 Å². The van der Waals surface area contributed by atoms with Gasteiger partial charge in [0.05, 0.1) is 19.6 Å². The summed E-state index contributed by atoms with van der Waals surface area (Å²) in [4.78, 5) is 39.0. The Labute approximate surface area is 146 Å². The molecule has 2 aliphatic rings. The summed E-state index contributed by atoms with van der Waals surface area (Å²) in [7, 11) is 1.47. The van der Waals surface area contributed by atoms with Crippen molar-refractivity contribution in [1.82, 2.24) is 9.47 Å². The second-order valence-electron chi connectivity index (χ2n) is 6.47. The predicted octanol–water partition coefficient (Wildman–Crippen LogP) is 1.22. The lowest BCUT2D eigenvalue weighted by atomic mass is 9.97. The number of carbonyl (C=O) groups is 2. The lowest BCUT2D eigenvalue weighted by molar-refractivity contribution is -0.149. The zero-order valence-corrected chi connectivity index (χ0v) is 14.7. The van der Waals surface area contributed by atoms with E-state index < -0.39 is 0 Å². The number of hydrogen-bond donors (Lipinski definition) is 0. The first-order chi connectivity index (χ1) is 12.1. The van der Waals surface area contributed by atoms with Crippen LogP contribution in [-0.4, -0.2) is 48.1 Å². The number of likely N-dealkylation sites (tertiary alicyclic amines) is 1. The Kier molecular flexibility index (Phi) is 5.11. The number of pyridine rings is 1. The molecule has 0 spiro atoms. The topological polar surface area (TPSA) is 77.8 Å². The maximum absolute atomic E-state index is 13.2. The molecule has 7 heteroatoms. The Morgan fingerprint density at radius 2 is 2.08 bits per heavy atom. The van der Waals surface area contributed by atoms with Gasteiger partial charge in [0, 0.05) is 31.4 Å². The third kappa shape index (κ3) is 3.27. The van der Waals surface area contributed by atoms with Crippen LogP contribution in [0.1, 0.15) is 42.2 Å². The highest BCUT2D eigenvalue weighted by Crippen LogP contribution is 2.28. The minimum Gasteiger partial charge on any atom is -0.496 e. The van der Waals surface area contributed by atoms with Crippen LogP contribution >= 0.6 is 0 Å². The van der Waals surface area contributed by atoms with E-state index in [0.29, 0.717) is 44.0 Å². The standard InChI is InChI=1S/C18H24N2O5/c1-3-25-18(23)12-6-4-8-19(11-12)17(22)16-13-7-5-9-20(13)15(21)10-14(16)24-2/h10,12H,3-9,11H2,1-2H3/t12-/m1/s1. The largest absolute Gasteiger partial charge is 0.496 e. The summed E-state index contributed by atoms with van der Waals surface area (Å²) >= 11 is 0. The summed E-state index contributed by atoms with van der Waals surface area (Å²) in [6.07, 6.45) is 3.01. The third-order valence-electron chi connectivity index (χ3n) is 4.94. The van der Waals surface area contributed by atoms with E-state index in [1.165, 1.54) is 13.2 Å². The molecule has 1 fully saturated rings. The molecule has 0 aromatic carbocycles. The van der Waals surface area contributed by atoms with Gasteiger partial charge in [0.25, 0.3) is 11.5 Å². The molecule has 3 rings (SSSR count). The van der Waals surface area contributed by atoms with Gasteiger partial charge in [0.2, 0.25) is 0 Å². The third-order valence-corrected chi connectivity index (χ3v) is 4.94. The first-order valence-electron chi connectivity index (χ1n) is 8.83. The number of nitrogens with zero attached hydrogens (tertiary/aromatic N) is 2. The first-order valence-corrected chi connectivity index (χ1v) is 8.83. The second-order valence-corrected chi connectivity index (χ2v) is 6.47. The number of hydrogen-bond acceptors (Lipinski definition) is 5. The fourth-order valence-corrected chi connectivity index (χ4v) is 3.74. The van der Waals surface area contributed by atoms with Crippen molar-refractivity contribution in [1.29, 1.82) is 0 Å². The number of ether oxygens (including phenoxy) is 2. The van der Waals surface area contributed by atoms with E-state index in [9.17, 15) is 14.4 Å². The van der Waals surface area contributed by atoms with Gasteiger partial charge in [-0.1, -0.05) is 0 Å². The smallest absolute Gasteiger partial charge is 0.310 e. The normalized spacial score (nSPS) is 19.4. The summed E-state index contributed by atoms with van der Waals surface area (Å²) in [5.74, 6) is -0.387. The summed E-state index contributed by atoms with van der Waals surface area (Å²) in [6.45, 7) is 3.69. The van der Waals surface area contributed by atoms with Crippen molar-refractivity contribution in [3.05, 3.63) is 27.7 Å². The van der Waals surface area contributed by atoms with Gasteiger partial charge < -0.3 is 18.9 Å². The van der Waals surface area contributed by atoms with Crippen molar-refractivity contribution >= 4 is 11.9 Å². The fraction of sp³-hybridized carbons (Fsp3) is 0.611. The van der Waals surface area contributed by atoms with E-state index in [4.69, 9.17) is 9.47 Å². The summed E-state index contributed by atoms with van der Waals surface area (Å²) in [5.41, 5.74) is 1.07. The number of methoxy groups -OCH3 is 1. The fourth-order valence-electron chi connectivity index (χ4n) is 3.74. The maximum atomic E-state index is 13.2. The van der Waals surface area contributed by atoms with Crippen LogP contribution in [0.3, 0.4) is 0 Å². The molecule has 0 saturated carbocycles. The van der Waals surface area contributed by atoms with E-state index in [0.717, 1.165) is 25.0 Å². The van der Waals surface area contributed by atoms with E-state index in [1.807, 2.05) is 0 Å². The van der Waals surface area contributed by atoms with Gasteiger partial charge in [-0.3, -0.25) is 14.4 Å². The molecular weight excluding hydrogens is 324 g/mol. The van der Waals surface area contributed by atoms with Gasteiger partial charge in [0.15, 0.2) is 0 Å². The molecule has 0 bridgehead atoms. The summed E-state index contributed by atoms with van der Waals surface area (Å²) in [5, 5.41) is 0. The molecule has 1 aromatic heterocycles. The number of rotatable bonds is 4. The van der Waals surface area contributed by atoms with Crippen molar-refractivity contribution in [3.63, 3.8) is 0 Å². The van der Waals surface area contributed by atoms with Crippen molar-refractivity contribution in [2.45, 2.75) is 39.2 Å². The van der Waals surface area contributed by atoms with Gasteiger partial charge >= 0.3 is 5.97 Å². The van der Waals surface area contributed by atoms with Crippen molar-refractivity contribution < 1.29 is 19.1 Å². The molecule has 1 saturated heterocycles. The Balaban J connectivity index is 1.89. The Morgan fingerprint density at radius 3 is 2.80 bits per heavy atom. The molecule has 7 nitrogen and oxygen atoms in total. The Morgan fingerprint density at radius 1 is 1.28 bits per heavy atom. The van der Waals surface area contributed by atoms with Crippen molar-refractivity contribution in [2.75, 3.05) is 26.8 Å². The molecule has 3 heterocycles. The van der Waals surface area contributed by atoms with Crippen LogP contribution < -0.4 is 10.3 Å². The molecule has 0 unspecified atom stereocenters. The van der Waals surface area contributed by atoms with Crippen LogP contribution in [-0.2, 0) is 22.5 Å². The van der Waals surface area contributed by atoms with E-state index in [-0.39, 0.29) is 23.4 Å². The van der Waals surface area contributed by atoms with Crippen LogP contribution in [0.15, 0.2) is 10.9 Å². The van der Waals surface area contributed by atoms with E-state index >= 15 is 0 Å². The molecule has 0 aliphatic carbocycles. The SMILES string of the molecule is CCOC(=O)[C@@H]1CCCN(C(=O)c2c(OC)cc(=O)n3c2CCC3)C1. The zero-order valence-electron chi connectivity index (χ0n) is 14.7. The molecular formula is C18H24N2O5. The lowest BCUT2D eigenvalue weighted by Gasteiger charge is -2.32. The van der Waals surface area contributed by atoms with Gasteiger partial charge in [-0.05, 0) is 32.6 Å². The average Bonchev–Trinajstić information content (AvgIpc) is 3.11. The molecule has 1 amide bonds. The number of aromatic nitrogens is 1. The number of carbonyl (C=O) groups excluding carboxylic acids is 2. The predicted molar refractivity (Wildman–Crippen MR) is 90.8 cm³/mol. The Bertz CT molecular complexity index is 740. The molecule has 0 N–H and O–H groups in total. The van der Waals surface area contributed by atoms with Gasteiger partial charge in [-0.2, -0.15) is 0 Å². The number of piperidine rings is 1. The highest BCUT2D eigenvalue weighted by atomic mass is 16.5. The van der Waals surface area contributed by atoms with Gasteiger partial charge in [-0.25, -0.2) is 0 Å². The summed E-state index contributed by atoms with van der Waals surface area (Å²) < 4.78 is 12.1. The Hall–Kier alpha value is -2.31. The monoisotopic (exact) mass is 348 g/mol. The van der Waals surface area contributed by atoms with Crippen molar-refractivity contribution in [2.24, 2.45) is 5.92 Å². The first kappa shape index (κ1) is 17.5. The molecule has 1 atom stereocenters. The molecule has 0 radical (unpaired) electrons. The average molecular weight is 348 g/mol. The summed E-state index contributed by atoms with van der Waals surface area (Å²) in [6, 6.07) is 1.38. The number of fused-ring (bicyclic) bond motifs is 1. The second kappa shape index (κ2) is 7.29. The zero-order chi connectivity index (χ0) is 18.0. The molecule has 2 aliphatic heterocycles. The molecule has 25 heavy (non-hydrogen) atoms. The number of esters is 1. The lowest BCUT2D eigenvalue weighted by Crippen LogP contribution is -2.43. The molecule has 1 aromatic rings. The van der Waals surface area contributed by atoms with Gasteiger partial charge in [-0.15, -0.1) is 0 Å². The van der Waals surface area contributed by atoms with Gasteiger partial charge in [0.1, 0.15) is 11.3 Å². The van der Waals surface area contributed by atoms with Crippen LogP contribution in [0.25, 0.3) is 0 Å².